The molecule has 0 aliphatic carbocycles. The SMILES string of the molecule is Cc1ccc(-c2noc([C@@H]3CCCCN3C(=O)c3ccc4ccccc4c3)n2)cc1. The van der Waals surface area contributed by atoms with Gasteiger partial charge in [-0.1, -0.05) is 65.3 Å². The second-order valence-electron chi connectivity index (χ2n) is 7.89. The Hall–Kier alpha value is -3.47. The number of fused-ring (bicyclic) bond motifs is 1. The molecule has 1 aromatic heterocycles. The normalized spacial score (nSPS) is 16.7. The predicted molar refractivity (Wildman–Crippen MR) is 116 cm³/mol. The van der Waals surface area contributed by atoms with Crippen LogP contribution in [0.1, 0.15) is 47.1 Å². The molecule has 1 amide bonds. The average molecular weight is 397 g/mol. The predicted octanol–water partition coefficient (Wildman–Crippen LogP) is 5.57. The maximum atomic E-state index is 13.4. The van der Waals surface area contributed by atoms with E-state index >= 15 is 0 Å². The van der Waals surface area contributed by atoms with Gasteiger partial charge in [-0.3, -0.25) is 4.79 Å². The van der Waals surface area contributed by atoms with E-state index in [-0.39, 0.29) is 11.9 Å². The van der Waals surface area contributed by atoms with Crippen LogP contribution in [0.3, 0.4) is 0 Å². The molecule has 1 saturated heterocycles. The first-order valence-corrected chi connectivity index (χ1v) is 10.4. The monoisotopic (exact) mass is 397 g/mol. The van der Waals surface area contributed by atoms with Gasteiger partial charge in [-0.15, -0.1) is 0 Å². The topological polar surface area (TPSA) is 59.2 Å². The molecular weight excluding hydrogens is 374 g/mol. The molecule has 1 fully saturated rings. The minimum atomic E-state index is -0.190. The summed E-state index contributed by atoms with van der Waals surface area (Å²) in [6.45, 7) is 2.74. The molecule has 5 nitrogen and oxygen atoms in total. The molecule has 0 saturated carbocycles. The second kappa shape index (κ2) is 7.75. The molecular formula is C25H23N3O2. The van der Waals surface area contributed by atoms with Crippen LogP contribution in [-0.4, -0.2) is 27.5 Å². The van der Waals surface area contributed by atoms with Crippen LogP contribution >= 0.6 is 0 Å². The first-order chi connectivity index (χ1) is 14.7. The number of amides is 1. The Balaban J connectivity index is 1.44. The number of aromatic nitrogens is 2. The fourth-order valence-corrected chi connectivity index (χ4v) is 4.11. The van der Waals surface area contributed by atoms with Crippen molar-refractivity contribution in [3.63, 3.8) is 0 Å². The van der Waals surface area contributed by atoms with Crippen molar-refractivity contribution >= 4 is 16.7 Å². The highest BCUT2D eigenvalue weighted by atomic mass is 16.5. The van der Waals surface area contributed by atoms with Crippen LogP contribution in [-0.2, 0) is 0 Å². The van der Waals surface area contributed by atoms with E-state index in [2.05, 4.69) is 16.2 Å². The third kappa shape index (κ3) is 3.47. The number of hydrogen-bond donors (Lipinski definition) is 0. The zero-order chi connectivity index (χ0) is 20.5. The number of rotatable bonds is 3. The Bertz CT molecular complexity index is 1200. The number of nitrogens with zero attached hydrogens (tertiary/aromatic N) is 3. The van der Waals surface area contributed by atoms with Gasteiger partial charge in [0.1, 0.15) is 6.04 Å². The van der Waals surface area contributed by atoms with E-state index in [1.807, 2.05) is 72.5 Å². The Labute approximate surface area is 175 Å². The third-order valence-corrected chi connectivity index (χ3v) is 5.80. The highest BCUT2D eigenvalue weighted by Gasteiger charge is 2.32. The summed E-state index contributed by atoms with van der Waals surface area (Å²) in [5.41, 5.74) is 2.79. The highest BCUT2D eigenvalue weighted by molar-refractivity contribution is 5.98. The van der Waals surface area contributed by atoms with Crippen LogP contribution in [0.25, 0.3) is 22.2 Å². The summed E-state index contributed by atoms with van der Waals surface area (Å²) in [7, 11) is 0. The summed E-state index contributed by atoms with van der Waals surface area (Å²) >= 11 is 0. The maximum Gasteiger partial charge on any atom is 0.254 e. The van der Waals surface area contributed by atoms with Crippen molar-refractivity contribution in [2.45, 2.75) is 32.2 Å². The van der Waals surface area contributed by atoms with Crippen molar-refractivity contribution < 1.29 is 9.32 Å². The molecule has 1 aliphatic heterocycles. The van der Waals surface area contributed by atoms with Gasteiger partial charge in [0.15, 0.2) is 0 Å². The van der Waals surface area contributed by atoms with E-state index in [1.54, 1.807) is 0 Å². The Kier molecular flexibility index (Phi) is 4.79. The molecule has 1 atom stereocenters. The molecule has 4 aromatic rings. The Morgan fingerprint density at radius 3 is 2.63 bits per heavy atom. The summed E-state index contributed by atoms with van der Waals surface area (Å²) in [5, 5.41) is 6.37. The summed E-state index contributed by atoms with van der Waals surface area (Å²) in [4.78, 5) is 19.9. The van der Waals surface area contributed by atoms with Gasteiger partial charge in [0.2, 0.25) is 11.7 Å². The first kappa shape index (κ1) is 18.6. The largest absolute Gasteiger partial charge is 0.337 e. The second-order valence-corrected chi connectivity index (χ2v) is 7.89. The van der Waals surface area contributed by atoms with Gasteiger partial charge in [-0.2, -0.15) is 4.98 Å². The summed E-state index contributed by atoms with van der Waals surface area (Å²) < 4.78 is 5.62. The molecule has 0 spiro atoms. The number of carbonyl (C=O) groups is 1. The van der Waals surface area contributed by atoms with Crippen LogP contribution in [0.15, 0.2) is 71.3 Å². The van der Waals surface area contributed by atoms with Crippen LogP contribution in [0, 0.1) is 6.92 Å². The molecule has 0 radical (unpaired) electrons. The van der Waals surface area contributed by atoms with Crippen LogP contribution in [0.4, 0.5) is 0 Å². The minimum absolute atomic E-state index is 0.0144. The first-order valence-electron chi connectivity index (χ1n) is 10.4. The number of hydrogen-bond acceptors (Lipinski definition) is 4. The summed E-state index contributed by atoms with van der Waals surface area (Å²) in [6, 6.07) is 21.8. The molecule has 2 heterocycles. The van der Waals surface area contributed by atoms with Gasteiger partial charge in [0, 0.05) is 17.7 Å². The van der Waals surface area contributed by atoms with Crippen LogP contribution in [0.5, 0.6) is 0 Å². The van der Waals surface area contributed by atoms with Crippen molar-refractivity contribution in [1.82, 2.24) is 15.0 Å². The van der Waals surface area contributed by atoms with E-state index in [9.17, 15) is 4.79 Å². The molecule has 0 bridgehead atoms. The van der Waals surface area contributed by atoms with Crippen molar-refractivity contribution in [2.24, 2.45) is 0 Å². The van der Waals surface area contributed by atoms with Gasteiger partial charge in [-0.25, -0.2) is 0 Å². The fraction of sp³-hybridized carbons (Fsp3) is 0.240. The van der Waals surface area contributed by atoms with Gasteiger partial charge < -0.3 is 9.42 Å². The molecule has 3 aromatic carbocycles. The smallest absolute Gasteiger partial charge is 0.254 e. The molecule has 5 rings (SSSR count). The van der Waals surface area contributed by atoms with Gasteiger partial charge in [0.05, 0.1) is 0 Å². The lowest BCUT2D eigenvalue weighted by molar-refractivity contribution is 0.0561. The lowest BCUT2D eigenvalue weighted by Crippen LogP contribution is -2.38. The fourth-order valence-electron chi connectivity index (χ4n) is 4.11. The lowest BCUT2D eigenvalue weighted by Gasteiger charge is -2.33. The van der Waals surface area contributed by atoms with Gasteiger partial charge in [-0.05, 0) is 49.1 Å². The lowest BCUT2D eigenvalue weighted by atomic mass is 9.99. The van der Waals surface area contributed by atoms with E-state index in [0.29, 0.717) is 23.8 Å². The summed E-state index contributed by atoms with van der Waals surface area (Å²) in [6.07, 6.45) is 2.85. The number of likely N-dealkylation sites (tertiary alicyclic amines) is 1. The maximum absolute atomic E-state index is 13.4. The number of piperidine rings is 1. The minimum Gasteiger partial charge on any atom is -0.337 e. The van der Waals surface area contributed by atoms with Gasteiger partial charge >= 0.3 is 0 Å². The van der Waals surface area contributed by atoms with E-state index in [4.69, 9.17) is 4.52 Å². The molecule has 0 unspecified atom stereocenters. The third-order valence-electron chi connectivity index (χ3n) is 5.80. The standard InChI is InChI=1S/C25H23N3O2/c1-17-9-11-19(12-10-17)23-26-24(30-27-23)22-8-4-5-15-28(22)25(29)21-14-13-18-6-2-3-7-20(18)16-21/h2-3,6-7,9-14,16,22H,4-5,8,15H2,1H3/t22-/m0/s1. The van der Waals surface area contributed by atoms with Crippen LogP contribution < -0.4 is 0 Å². The van der Waals surface area contributed by atoms with Crippen molar-refractivity contribution in [3.8, 4) is 11.4 Å². The van der Waals surface area contributed by atoms with Crippen molar-refractivity contribution in [2.75, 3.05) is 6.54 Å². The summed E-state index contributed by atoms with van der Waals surface area (Å²) in [5.74, 6) is 1.09. The highest BCUT2D eigenvalue weighted by Crippen LogP contribution is 2.32. The Morgan fingerprint density at radius 2 is 1.80 bits per heavy atom. The molecule has 150 valence electrons. The van der Waals surface area contributed by atoms with E-state index in [1.165, 1.54) is 5.56 Å². The van der Waals surface area contributed by atoms with Gasteiger partial charge in [0.25, 0.3) is 5.91 Å². The van der Waals surface area contributed by atoms with E-state index in [0.717, 1.165) is 35.6 Å². The number of benzene rings is 3. The zero-order valence-electron chi connectivity index (χ0n) is 16.9. The zero-order valence-corrected chi connectivity index (χ0v) is 16.9. The quantitative estimate of drug-likeness (QED) is 0.454. The number of carbonyl (C=O) groups excluding carboxylic acids is 1. The van der Waals surface area contributed by atoms with Crippen molar-refractivity contribution in [1.29, 1.82) is 0 Å². The number of aryl methyl sites for hydroxylation is 1. The molecule has 30 heavy (non-hydrogen) atoms. The Morgan fingerprint density at radius 1 is 1.00 bits per heavy atom. The van der Waals surface area contributed by atoms with Crippen molar-refractivity contribution in [3.05, 3.63) is 83.7 Å². The van der Waals surface area contributed by atoms with E-state index < -0.39 is 0 Å². The molecule has 0 N–H and O–H groups in total. The molecule has 5 heteroatoms. The van der Waals surface area contributed by atoms with Crippen LogP contribution in [0.2, 0.25) is 0 Å². The average Bonchev–Trinajstić information content (AvgIpc) is 3.29. The molecule has 1 aliphatic rings.